The number of methoxy groups -OCH3 is 1. The predicted octanol–water partition coefficient (Wildman–Crippen LogP) is 5.06. The van der Waals surface area contributed by atoms with Gasteiger partial charge in [0.25, 0.3) is 5.91 Å². The van der Waals surface area contributed by atoms with E-state index in [-0.39, 0.29) is 17.9 Å². The Kier molecular flexibility index (Phi) is 8.24. The third-order valence-corrected chi connectivity index (χ3v) is 7.42. The normalized spacial score (nSPS) is 16.4. The molecule has 2 aliphatic heterocycles. The fourth-order valence-electron chi connectivity index (χ4n) is 4.95. The van der Waals surface area contributed by atoms with Crippen LogP contribution in [0.15, 0.2) is 48.8 Å². The number of fused-ring (bicyclic) bond motifs is 1. The zero-order valence-electron chi connectivity index (χ0n) is 21.3. The van der Waals surface area contributed by atoms with Gasteiger partial charge in [-0.1, -0.05) is 51.5 Å². The number of H-pyrrole nitrogens is 1. The van der Waals surface area contributed by atoms with Crippen LogP contribution in [0.25, 0.3) is 11.3 Å². The van der Waals surface area contributed by atoms with Crippen LogP contribution in [0.2, 0.25) is 5.02 Å². The molecule has 4 heterocycles. The summed E-state index contributed by atoms with van der Waals surface area (Å²) in [4.78, 5) is 35.2. The molecule has 3 aromatic rings. The maximum Gasteiger partial charge on any atom is 0.255 e. The zero-order valence-corrected chi connectivity index (χ0v) is 23.7. The van der Waals surface area contributed by atoms with E-state index in [1.165, 1.54) is 0 Å². The van der Waals surface area contributed by atoms with E-state index in [2.05, 4.69) is 48.4 Å². The molecule has 1 unspecified atom stereocenters. The molecule has 2 aliphatic rings. The third-order valence-electron chi connectivity index (χ3n) is 6.75. The molecule has 0 bridgehead atoms. The van der Waals surface area contributed by atoms with Gasteiger partial charge in [0.15, 0.2) is 5.75 Å². The minimum Gasteiger partial charge on any atom is -0.493 e. The van der Waals surface area contributed by atoms with Gasteiger partial charge in [-0.25, -0.2) is 0 Å². The fourth-order valence-corrected chi connectivity index (χ4v) is 5.39. The number of nitrogens with one attached hydrogen (secondary N) is 3. The number of aromatic nitrogens is 2. The lowest BCUT2D eigenvalue weighted by atomic mass is 10.0. The van der Waals surface area contributed by atoms with Crippen molar-refractivity contribution in [3.63, 3.8) is 0 Å². The Hall–Kier alpha value is -3.74. The number of alkyl halides is 1. The quantitative estimate of drug-likeness (QED) is 0.206. The lowest BCUT2D eigenvalue weighted by Crippen LogP contribution is -2.33. The van der Waals surface area contributed by atoms with E-state index >= 15 is 0 Å². The molecule has 1 atom stereocenters. The van der Waals surface area contributed by atoms with Crippen molar-refractivity contribution in [3.8, 4) is 28.8 Å². The van der Waals surface area contributed by atoms with Gasteiger partial charge in [0.2, 0.25) is 5.91 Å². The second kappa shape index (κ2) is 12.0. The largest absolute Gasteiger partial charge is 0.493 e. The van der Waals surface area contributed by atoms with Crippen molar-refractivity contribution in [2.45, 2.75) is 25.3 Å². The van der Waals surface area contributed by atoms with Gasteiger partial charge in [0.1, 0.15) is 0 Å². The van der Waals surface area contributed by atoms with E-state index < -0.39 is 0 Å². The van der Waals surface area contributed by atoms with E-state index in [1.807, 2.05) is 18.2 Å². The van der Waals surface area contributed by atoms with Crippen LogP contribution in [0.3, 0.4) is 0 Å². The van der Waals surface area contributed by atoms with Crippen molar-refractivity contribution in [1.82, 2.24) is 20.2 Å². The van der Waals surface area contributed by atoms with Crippen LogP contribution < -0.4 is 15.4 Å². The van der Waals surface area contributed by atoms with Crippen molar-refractivity contribution < 1.29 is 14.3 Å². The molecular weight excluding hydrogens is 582 g/mol. The van der Waals surface area contributed by atoms with Gasteiger partial charge in [0.05, 0.1) is 46.4 Å². The first-order chi connectivity index (χ1) is 19.0. The van der Waals surface area contributed by atoms with Gasteiger partial charge in [0, 0.05) is 48.5 Å². The second-order valence-corrected chi connectivity index (χ2v) is 10.2. The van der Waals surface area contributed by atoms with Crippen LogP contribution in [0.5, 0.6) is 5.75 Å². The van der Waals surface area contributed by atoms with Gasteiger partial charge in [-0.3, -0.25) is 14.6 Å². The molecule has 0 aliphatic carbocycles. The summed E-state index contributed by atoms with van der Waals surface area (Å²) in [5, 5.41) is 7.41. The van der Waals surface area contributed by atoms with Crippen LogP contribution in [0.1, 0.15) is 34.5 Å². The maximum atomic E-state index is 13.0. The number of anilines is 2. The molecule has 10 heteroatoms. The Labute approximate surface area is 240 Å². The van der Waals surface area contributed by atoms with E-state index in [0.717, 1.165) is 24.1 Å². The standard InChI is InChI=1S/C29H27BrClN5O3/c1-39-28-21(31)6-2-7-23(28)35-27-25-22(12-15-33-29(25)38)34-26(27)20-11-14-32-17-18(20)9-10-19-5-4-16-36(19)24(37)8-3-13-30/h2-3,6-8,11,14,17,19,34-35H,4-5,12-13,15-16H2,1H3,(H,33,38). The summed E-state index contributed by atoms with van der Waals surface area (Å²) in [7, 11) is 1.55. The number of aromatic amines is 1. The van der Waals surface area contributed by atoms with Crippen LogP contribution >= 0.6 is 27.5 Å². The number of nitrogens with zero attached hydrogens (tertiary/aromatic N) is 2. The molecule has 0 saturated carbocycles. The first-order valence-electron chi connectivity index (χ1n) is 12.6. The highest BCUT2D eigenvalue weighted by Crippen LogP contribution is 2.41. The van der Waals surface area contributed by atoms with Crippen molar-refractivity contribution >= 4 is 50.7 Å². The maximum absolute atomic E-state index is 13.0. The van der Waals surface area contributed by atoms with Crippen molar-refractivity contribution in [2.24, 2.45) is 0 Å². The Bertz CT molecular complexity index is 1510. The highest BCUT2D eigenvalue weighted by atomic mass is 79.9. The van der Waals surface area contributed by atoms with E-state index in [4.69, 9.17) is 16.3 Å². The Morgan fingerprint density at radius 1 is 1.38 bits per heavy atom. The van der Waals surface area contributed by atoms with E-state index in [0.29, 0.717) is 63.8 Å². The van der Waals surface area contributed by atoms with Crippen molar-refractivity contribution in [1.29, 1.82) is 0 Å². The number of rotatable bonds is 6. The third kappa shape index (κ3) is 5.54. The molecule has 1 saturated heterocycles. The number of amides is 2. The minimum atomic E-state index is -0.179. The lowest BCUT2D eigenvalue weighted by molar-refractivity contribution is -0.125. The summed E-state index contributed by atoms with van der Waals surface area (Å²) < 4.78 is 5.54. The van der Waals surface area contributed by atoms with Gasteiger partial charge < -0.3 is 25.3 Å². The van der Waals surface area contributed by atoms with Crippen LogP contribution in [0, 0.1) is 11.8 Å². The molecule has 0 radical (unpaired) electrons. The highest BCUT2D eigenvalue weighted by Gasteiger charge is 2.29. The summed E-state index contributed by atoms with van der Waals surface area (Å²) in [6, 6.07) is 7.10. The topological polar surface area (TPSA) is 99.3 Å². The molecule has 8 nitrogen and oxygen atoms in total. The van der Waals surface area contributed by atoms with Gasteiger partial charge in [-0.05, 0) is 37.1 Å². The Morgan fingerprint density at radius 3 is 3.08 bits per heavy atom. The molecule has 2 amide bonds. The molecule has 0 spiro atoms. The Balaban J connectivity index is 1.57. The molecule has 2 aromatic heterocycles. The number of pyridine rings is 1. The lowest BCUT2D eigenvalue weighted by Gasteiger charge is -2.18. The summed E-state index contributed by atoms with van der Waals surface area (Å²) >= 11 is 9.69. The number of benzene rings is 1. The fraction of sp³-hybridized carbons (Fsp3) is 0.276. The highest BCUT2D eigenvalue weighted by molar-refractivity contribution is 9.09. The first kappa shape index (κ1) is 26.9. The smallest absolute Gasteiger partial charge is 0.255 e. The number of likely N-dealkylation sites (tertiary alicyclic amines) is 1. The minimum absolute atomic E-state index is 0.0392. The molecular formula is C29H27BrClN5O3. The van der Waals surface area contributed by atoms with Crippen molar-refractivity contribution in [3.05, 3.63) is 70.7 Å². The predicted molar refractivity (Wildman–Crippen MR) is 156 cm³/mol. The number of carbonyl (C=O) groups excluding carboxylic acids is 2. The second-order valence-electron chi connectivity index (χ2n) is 9.12. The summed E-state index contributed by atoms with van der Waals surface area (Å²) in [6.07, 6.45) is 9.15. The molecule has 1 aromatic carbocycles. The van der Waals surface area contributed by atoms with E-state index in [9.17, 15) is 9.59 Å². The number of allylic oxidation sites excluding steroid dienone is 1. The average molecular weight is 609 g/mol. The summed E-state index contributed by atoms with van der Waals surface area (Å²) in [6.45, 7) is 1.22. The van der Waals surface area contributed by atoms with Gasteiger partial charge in [-0.2, -0.15) is 0 Å². The van der Waals surface area contributed by atoms with E-state index in [1.54, 1.807) is 42.6 Å². The number of hydrogen-bond acceptors (Lipinski definition) is 5. The van der Waals surface area contributed by atoms with Gasteiger partial charge >= 0.3 is 0 Å². The van der Waals surface area contributed by atoms with Crippen LogP contribution in [-0.2, 0) is 11.2 Å². The number of halogens is 2. The monoisotopic (exact) mass is 607 g/mol. The van der Waals surface area contributed by atoms with Crippen LogP contribution in [0.4, 0.5) is 11.4 Å². The first-order valence-corrected chi connectivity index (χ1v) is 14.1. The SMILES string of the molecule is COc1c(Cl)cccc1Nc1c(-c2ccncc2C#CC2CCCN2C(=O)C=CCBr)[nH]c2c1C(=O)NCC2. The average Bonchev–Trinajstić information content (AvgIpc) is 3.56. The summed E-state index contributed by atoms with van der Waals surface area (Å²) in [5.74, 6) is 6.85. The number of ether oxygens (including phenoxy) is 1. The molecule has 3 N–H and O–H groups in total. The zero-order chi connectivity index (χ0) is 27.4. The molecule has 39 heavy (non-hydrogen) atoms. The number of hydrogen-bond donors (Lipinski definition) is 3. The number of carbonyl (C=O) groups is 2. The molecule has 200 valence electrons. The molecule has 1 fully saturated rings. The Morgan fingerprint density at radius 2 is 2.26 bits per heavy atom. The van der Waals surface area contributed by atoms with Gasteiger partial charge in [-0.15, -0.1) is 0 Å². The van der Waals surface area contributed by atoms with Crippen molar-refractivity contribution in [2.75, 3.05) is 30.8 Å². The number of para-hydroxylation sites is 1. The van der Waals surface area contributed by atoms with Crippen LogP contribution in [-0.4, -0.2) is 58.3 Å². The summed E-state index contributed by atoms with van der Waals surface area (Å²) in [5.41, 5.74) is 4.80. The molecule has 5 rings (SSSR count).